The number of fused-ring (bicyclic) bond motifs is 1. The van der Waals surface area contributed by atoms with E-state index < -0.39 is 0 Å². The fourth-order valence-electron chi connectivity index (χ4n) is 2.61. The number of hydrogen-bond acceptors (Lipinski definition) is 3. The van der Waals surface area contributed by atoms with Crippen LogP contribution in [0.1, 0.15) is 28.4 Å². The number of nitrogens with zero attached hydrogens (tertiary/aromatic N) is 1. The summed E-state index contributed by atoms with van der Waals surface area (Å²) < 4.78 is 6.31. The number of benzene rings is 1. The minimum absolute atomic E-state index is 0.0480. The number of amides is 1. The van der Waals surface area contributed by atoms with E-state index in [2.05, 4.69) is 38.4 Å². The SMILES string of the molecule is C[C@H](Cc1ccc2c(c1)CCO2)NC(=O)c1cncc(Br)c1. The maximum atomic E-state index is 12.2. The molecule has 1 N–H and O–H groups in total. The smallest absolute Gasteiger partial charge is 0.253 e. The highest BCUT2D eigenvalue weighted by molar-refractivity contribution is 9.10. The third-order valence-corrected chi connectivity index (χ3v) is 4.07. The molecule has 0 saturated carbocycles. The minimum atomic E-state index is -0.106. The monoisotopic (exact) mass is 360 g/mol. The predicted molar refractivity (Wildman–Crippen MR) is 88.2 cm³/mol. The number of nitrogens with one attached hydrogen (secondary N) is 1. The van der Waals surface area contributed by atoms with Gasteiger partial charge in [-0.1, -0.05) is 12.1 Å². The minimum Gasteiger partial charge on any atom is -0.493 e. The molecule has 2 aromatic rings. The average Bonchev–Trinajstić information content (AvgIpc) is 2.94. The number of aromatic nitrogens is 1. The normalized spacial score (nSPS) is 14.1. The van der Waals surface area contributed by atoms with Gasteiger partial charge in [0.15, 0.2) is 0 Å². The van der Waals surface area contributed by atoms with Crippen molar-refractivity contribution in [3.8, 4) is 5.75 Å². The van der Waals surface area contributed by atoms with Gasteiger partial charge in [-0.3, -0.25) is 9.78 Å². The first kappa shape index (κ1) is 15.0. The first-order chi connectivity index (χ1) is 10.6. The van der Waals surface area contributed by atoms with Crippen LogP contribution in [0, 0.1) is 0 Å². The second-order valence-electron chi connectivity index (χ2n) is 5.51. The number of rotatable bonds is 4. The van der Waals surface area contributed by atoms with Crippen LogP contribution in [0.2, 0.25) is 0 Å². The standard InChI is InChI=1S/C17H17BrN2O2/c1-11(20-17(21)14-8-15(18)10-19-9-14)6-12-2-3-16-13(7-12)4-5-22-16/h2-3,7-11H,4-6H2,1H3,(H,20,21)/t11-/m1/s1. The van der Waals surface area contributed by atoms with Crippen LogP contribution in [0.3, 0.4) is 0 Å². The second kappa shape index (κ2) is 6.48. The highest BCUT2D eigenvalue weighted by Crippen LogP contribution is 2.26. The van der Waals surface area contributed by atoms with E-state index in [0.29, 0.717) is 5.56 Å². The van der Waals surface area contributed by atoms with Crippen molar-refractivity contribution in [2.24, 2.45) is 0 Å². The largest absolute Gasteiger partial charge is 0.493 e. The van der Waals surface area contributed by atoms with Gasteiger partial charge in [-0.15, -0.1) is 0 Å². The van der Waals surface area contributed by atoms with E-state index in [9.17, 15) is 4.79 Å². The van der Waals surface area contributed by atoms with Gasteiger partial charge in [0.05, 0.1) is 12.2 Å². The summed E-state index contributed by atoms with van der Waals surface area (Å²) in [5.41, 5.74) is 3.03. The molecule has 2 heterocycles. The molecule has 0 spiro atoms. The number of ether oxygens (including phenoxy) is 1. The molecule has 3 rings (SSSR count). The van der Waals surface area contributed by atoms with Gasteiger partial charge < -0.3 is 10.1 Å². The lowest BCUT2D eigenvalue weighted by Gasteiger charge is -2.14. The van der Waals surface area contributed by atoms with Gasteiger partial charge in [-0.25, -0.2) is 0 Å². The highest BCUT2D eigenvalue weighted by atomic mass is 79.9. The Balaban J connectivity index is 1.62. The molecule has 1 atom stereocenters. The topological polar surface area (TPSA) is 51.2 Å². The zero-order chi connectivity index (χ0) is 15.5. The number of hydrogen-bond donors (Lipinski definition) is 1. The first-order valence-corrected chi connectivity index (χ1v) is 8.07. The molecule has 4 nitrogen and oxygen atoms in total. The summed E-state index contributed by atoms with van der Waals surface area (Å²) >= 11 is 3.32. The van der Waals surface area contributed by atoms with E-state index in [1.54, 1.807) is 18.5 Å². The molecule has 0 radical (unpaired) electrons. The maximum Gasteiger partial charge on any atom is 0.253 e. The molecule has 1 aromatic carbocycles. The van der Waals surface area contributed by atoms with Crippen LogP contribution in [-0.2, 0) is 12.8 Å². The number of halogens is 1. The summed E-state index contributed by atoms with van der Waals surface area (Å²) in [5.74, 6) is 0.881. The van der Waals surface area contributed by atoms with Crippen molar-refractivity contribution in [2.75, 3.05) is 6.61 Å². The molecule has 22 heavy (non-hydrogen) atoms. The zero-order valence-corrected chi connectivity index (χ0v) is 13.9. The molecule has 0 saturated heterocycles. The van der Waals surface area contributed by atoms with Crippen LogP contribution in [0.4, 0.5) is 0 Å². The van der Waals surface area contributed by atoms with Gasteiger partial charge in [-0.2, -0.15) is 0 Å². The van der Waals surface area contributed by atoms with E-state index in [1.165, 1.54) is 11.1 Å². The van der Waals surface area contributed by atoms with Crippen molar-refractivity contribution in [2.45, 2.75) is 25.8 Å². The Kier molecular flexibility index (Phi) is 4.43. The van der Waals surface area contributed by atoms with E-state index in [0.717, 1.165) is 29.7 Å². The Hall–Kier alpha value is -1.88. The van der Waals surface area contributed by atoms with Crippen molar-refractivity contribution < 1.29 is 9.53 Å². The van der Waals surface area contributed by atoms with Crippen LogP contribution >= 0.6 is 15.9 Å². The van der Waals surface area contributed by atoms with Gasteiger partial charge in [0.1, 0.15) is 5.75 Å². The van der Waals surface area contributed by atoms with Gasteiger partial charge in [-0.05, 0) is 52.5 Å². The molecule has 1 amide bonds. The van der Waals surface area contributed by atoms with Crippen molar-refractivity contribution in [1.29, 1.82) is 0 Å². The average molecular weight is 361 g/mol. The van der Waals surface area contributed by atoms with Crippen molar-refractivity contribution in [1.82, 2.24) is 10.3 Å². The lowest BCUT2D eigenvalue weighted by Crippen LogP contribution is -2.34. The molecule has 1 aromatic heterocycles. The van der Waals surface area contributed by atoms with E-state index in [4.69, 9.17) is 4.74 Å². The van der Waals surface area contributed by atoms with Crippen LogP contribution in [-0.4, -0.2) is 23.5 Å². The summed E-state index contributed by atoms with van der Waals surface area (Å²) in [6, 6.07) is 8.07. The quantitative estimate of drug-likeness (QED) is 0.910. The third-order valence-electron chi connectivity index (χ3n) is 3.64. The summed E-state index contributed by atoms with van der Waals surface area (Å²) in [7, 11) is 0. The molecule has 5 heteroatoms. The molecule has 0 aliphatic carbocycles. The summed E-state index contributed by atoms with van der Waals surface area (Å²) in [6.45, 7) is 2.77. The summed E-state index contributed by atoms with van der Waals surface area (Å²) in [5, 5.41) is 3.01. The Morgan fingerprint density at radius 2 is 2.27 bits per heavy atom. The molecular weight excluding hydrogens is 344 g/mol. The highest BCUT2D eigenvalue weighted by Gasteiger charge is 2.15. The Morgan fingerprint density at radius 1 is 1.41 bits per heavy atom. The number of carbonyl (C=O) groups is 1. The van der Waals surface area contributed by atoms with Gasteiger partial charge in [0.25, 0.3) is 5.91 Å². The fraction of sp³-hybridized carbons (Fsp3) is 0.294. The van der Waals surface area contributed by atoms with Crippen LogP contribution in [0.25, 0.3) is 0 Å². The van der Waals surface area contributed by atoms with Crippen molar-refractivity contribution >= 4 is 21.8 Å². The summed E-state index contributed by atoms with van der Waals surface area (Å²) in [6.07, 6.45) is 4.99. The predicted octanol–water partition coefficient (Wildman–Crippen LogP) is 3.14. The lowest BCUT2D eigenvalue weighted by atomic mass is 10.0. The molecule has 0 bridgehead atoms. The lowest BCUT2D eigenvalue weighted by molar-refractivity contribution is 0.0939. The van der Waals surface area contributed by atoms with Crippen molar-refractivity contribution in [3.05, 3.63) is 57.8 Å². The van der Waals surface area contributed by atoms with Gasteiger partial charge >= 0.3 is 0 Å². The molecule has 0 fully saturated rings. The van der Waals surface area contributed by atoms with E-state index in [1.807, 2.05) is 13.0 Å². The fourth-order valence-corrected chi connectivity index (χ4v) is 2.98. The number of pyridine rings is 1. The second-order valence-corrected chi connectivity index (χ2v) is 6.43. The zero-order valence-electron chi connectivity index (χ0n) is 12.3. The molecule has 1 aliphatic rings. The number of carbonyl (C=O) groups excluding carboxylic acids is 1. The van der Waals surface area contributed by atoms with Crippen LogP contribution in [0.5, 0.6) is 5.75 Å². The van der Waals surface area contributed by atoms with E-state index in [-0.39, 0.29) is 11.9 Å². The maximum absolute atomic E-state index is 12.2. The Bertz CT molecular complexity index is 703. The molecule has 0 unspecified atom stereocenters. The van der Waals surface area contributed by atoms with E-state index >= 15 is 0 Å². The molecular formula is C17H17BrN2O2. The van der Waals surface area contributed by atoms with Crippen LogP contribution in [0.15, 0.2) is 41.1 Å². The van der Waals surface area contributed by atoms with Gasteiger partial charge in [0, 0.05) is 29.3 Å². The Morgan fingerprint density at radius 3 is 3.09 bits per heavy atom. The molecule has 1 aliphatic heterocycles. The third kappa shape index (κ3) is 3.47. The first-order valence-electron chi connectivity index (χ1n) is 7.28. The van der Waals surface area contributed by atoms with Gasteiger partial charge in [0.2, 0.25) is 0 Å². The Labute approximate surface area is 138 Å². The van der Waals surface area contributed by atoms with Crippen LogP contribution < -0.4 is 10.1 Å². The summed E-state index contributed by atoms with van der Waals surface area (Å²) in [4.78, 5) is 16.2. The molecule has 114 valence electrons. The van der Waals surface area contributed by atoms with Crippen molar-refractivity contribution in [3.63, 3.8) is 0 Å².